The minimum Gasteiger partial charge on any atom is -0.314 e. The van der Waals surface area contributed by atoms with Crippen molar-refractivity contribution in [3.05, 3.63) is 0 Å². The summed E-state index contributed by atoms with van der Waals surface area (Å²) in [5.41, 5.74) is 0. The van der Waals surface area contributed by atoms with Gasteiger partial charge < -0.3 is 10.2 Å². The third-order valence-corrected chi connectivity index (χ3v) is 4.98. The molecule has 1 fully saturated rings. The third-order valence-electron chi connectivity index (χ3n) is 3.69. The summed E-state index contributed by atoms with van der Waals surface area (Å²) in [7, 11) is -0.701. The van der Waals surface area contributed by atoms with Gasteiger partial charge in [0, 0.05) is 41.4 Å². The number of rotatable bonds is 4. The summed E-state index contributed by atoms with van der Waals surface area (Å²) in [4.78, 5) is 2.50. The molecule has 0 aromatic carbocycles. The summed E-state index contributed by atoms with van der Waals surface area (Å²) in [6.45, 7) is 11.0. The van der Waals surface area contributed by atoms with Crippen LogP contribution in [0.3, 0.4) is 0 Å². The summed E-state index contributed by atoms with van der Waals surface area (Å²) in [5.74, 6) is 0.682. The van der Waals surface area contributed by atoms with Crippen molar-refractivity contribution in [3.8, 4) is 0 Å². The molecule has 4 unspecified atom stereocenters. The Morgan fingerprint density at radius 2 is 2.24 bits per heavy atom. The van der Waals surface area contributed by atoms with Crippen LogP contribution in [0.15, 0.2) is 0 Å². The van der Waals surface area contributed by atoms with Gasteiger partial charge in [0.25, 0.3) is 0 Å². The van der Waals surface area contributed by atoms with Crippen molar-refractivity contribution in [1.82, 2.24) is 10.2 Å². The van der Waals surface area contributed by atoms with Gasteiger partial charge >= 0.3 is 0 Å². The van der Waals surface area contributed by atoms with E-state index in [9.17, 15) is 4.21 Å². The minimum atomic E-state index is -0.701. The molecule has 1 aliphatic rings. The molecule has 1 heterocycles. The van der Waals surface area contributed by atoms with Gasteiger partial charge in [-0.05, 0) is 38.8 Å². The predicted octanol–water partition coefficient (Wildman–Crippen LogP) is 1.46. The zero-order valence-electron chi connectivity index (χ0n) is 11.7. The van der Waals surface area contributed by atoms with Crippen molar-refractivity contribution in [3.63, 3.8) is 0 Å². The fraction of sp³-hybridized carbons (Fsp3) is 1.00. The van der Waals surface area contributed by atoms with Crippen LogP contribution in [0.4, 0.5) is 0 Å². The second kappa shape index (κ2) is 7.49. The molecule has 0 amide bonds. The van der Waals surface area contributed by atoms with Gasteiger partial charge in [-0.15, -0.1) is 0 Å². The van der Waals surface area contributed by atoms with E-state index in [0.717, 1.165) is 26.2 Å². The van der Waals surface area contributed by atoms with Gasteiger partial charge in [-0.1, -0.05) is 13.8 Å². The van der Waals surface area contributed by atoms with Crippen molar-refractivity contribution in [2.75, 3.05) is 32.4 Å². The first kappa shape index (κ1) is 15.1. The van der Waals surface area contributed by atoms with Crippen LogP contribution in [-0.2, 0) is 10.8 Å². The number of nitrogens with one attached hydrogen (secondary N) is 1. The third kappa shape index (κ3) is 5.49. The Labute approximate surface area is 109 Å². The summed E-state index contributed by atoms with van der Waals surface area (Å²) in [6, 6.07) is 0.655. The molecule has 4 heteroatoms. The van der Waals surface area contributed by atoms with Crippen molar-refractivity contribution in [1.29, 1.82) is 0 Å². The van der Waals surface area contributed by atoms with Gasteiger partial charge in [0.05, 0.1) is 0 Å². The highest BCUT2D eigenvalue weighted by molar-refractivity contribution is 7.84. The summed E-state index contributed by atoms with van der Waals surface area (Å²) >= 11 is 0. The Kier molecular flexibility index (Phi) is 6.67. The molecular weight excluding hydrogens is 232 g/mol. The first-order chi connectivity index (χ1) is 8.02. The minimum absolute atomic E-state index is 0.287. The second-order valence-electron chi connectivity index (χ2n) is 5.48. The maximum atomic E-state index is 11.4. The molecule has 0 aliphatic carbocycles. The van der Waals surface area contributed by atoms with Gasteiger partial charge in [-0.25, -0.2) is 0 Å². The average molecular weight is 260 g/mol. The molecule has 1 saturated heterocycles. The molecule has 1 rings (SSSR count). The molecule has 0 saturated carbocycles. The predicted molar refractivity (Wildman–Crippen MR) is 75.8 cm³/mol. The normalized spacial score (nSPS) is 31.5. The van der Waals surface area contributed by atoms with Gasteiger partial charge in [0.15, 0.2) is 0 Å². The molecular formula is C13H28N2OS. The van der Waals surface area contributed by atoms with Crippen LogP contribution in [0.5, 0.6) is 0 Å². The summed E-state index contributed by atoms with van der Waals surface area (Å²) in [6.07, 6.45) is 4.23. The molecule has 0 radical (unpaired) electrons. The van der Waals surface area contributed by atoms with E-state index in [4.69, 9.17) is 0 Å². The van der Waals surface area contributed by atoms with Crippen LogP contribution in [0, 0.1) is 5.92 Å². The fourth-order valence-corrected chi connectivity index (χ4v) is 2.81. The molecule has 4 atom stereocenters. The molecule has 1 N–H and O–H groups in total. The largest absolute Gasteiger partial charge is 0.314 e. The standard InChI is InChI=1S/C13H28N2OS/c1-5-13-6-7-15(9-11(2)8-14-13)10-12(3)17(4)16/h11-14H,5-10H2,1-4H3. The van der Waals surface area contributed by atoms with Crippen LogP contribution < -0.4 is 5.32 Å². The lowest BCUT2D eigenvalue weighted by Gasteiger charge is -2.33. The van der Waals surface area contributed by atoms with Crippen molar-refractivity contribution >= 4 is 10.8 Å². The highest BCUT2D eigenvalue weighted by atomic mass is 32.2. The molecule has 102 valence electrons. The van der Waals surface area contributed by atoms with Crippen LogP contribution >= 0.6 is 0 Å². The van der Waals surface area contributed by atoms with E-state index >= 15 is 0 Å². The van der Waals surface area contributed by atoms with Crippen molar-refractivity contribution < 1.29 is 4.21 Å². The van der Waals surface area contributed by atoms with Crippen LogP contribution in [0.2, 0.25) is 0 Å². The second-order valence-corrected chi connectivity index (χ2v) is 7.28. The van der Waals surface area contributed by atoms with E-state index in [-0.39, 0.29) is 5.25 Å². The van der Waals surface area contributed by atoms with Gasteiger partial charge in [-0.3, -0.25) is 4.21 Å². The molecule has 1 aliphatic heterocycles. The monoisotopic (exact) mass is 260 g/mol. The number of hydrogen-bond acceptors (Lipinski definition) is 3. The number of hydrogen-bond donors (Lipinski definition) is 1. The maximum absolute atomic E-state index is 11.4. The van der Waals surface area contributed by atoms with Crippen molar-refractivity contribution in [2.45, 2.75) is 44.9 Å². The van der Waals surface area contributed by atoms with Crippen LogP contribution in [-0.4, -0.2) is 52.8 Å². The first-order valence-electron chi connectivity index (χ1n) is 6.80. The van der Waals surface area contributed by atoms with E-state index < -0.39 is 10.8 Å². The van der Waals surface area contributed by atoms with Crippen molar-refractivity contribution in [2.24, 2.45) is 5.92 Å². The van der Waals surface area contributed by atoms with E-state index in [1.807, 2.05) is 6.26 Å². The zero-order valence-corrected chi connectivity index (χ0v) is 12.6. The first-order valence-corrected chi connectivity index (χ1v) is 8.43. The average Bonchev–Trinajstić information content (AvgIpc) is 2.26. The van der Waals surface area contributed by atoms with Gasteiger partial charge in [0.2, 0.25) is 0 Å². The Bertz CT molecular complexity index is 248. The molecule has 0 spiro atoms. The summed E-state index contributed by atoms with van der Waals surface area (Å²) in [5, 5.41) is 3.92. The Morgan fingerprint density at radius 1 is 1.53 bits per heavy atom. The van der Waals surface area contributed by atoms with Crippen LogP contribution in [0.1, 0.15) is 33.6 Å². The van der Waals surface area contributed by atoms with Gasteiger partial charge in [-0.2, -0.15) is 0 Å². The molecule has 3 nitrogen and oxygen atoms in total. The fourth-order valence-electron chi connectivity index (χ4n) is 2.39. The highest BCUT2D eigenvalue weighted by Crippen LogP contribution is 2.10. The smallest absolute Gasteiger partial charge is 0.0444 e. The highest BCUT2D eigenvalue weighted by Gasteiger charge is 2.20. The lowest BCUT2D eigenvalue weighted by atomic mass is 10.0. The molecule has 0 aromatic rings. The Hall–Kier alpha value is 0.0700. The molecule has 0 aromatic heterocycles. The topological polar surface area (TPSA) is 32.3 Å². The quantitative estimate of drug-likeness (QED) is 0.831. The summed E-state index contributed by atoms with van der Waals surface area (Å²) < 4.78 is 11.4. The van der Waals surface area contributed by atoms with E-state index in [1.54, 1.807) is 0 Å². The molecule has 0 bridgehead atoms. The van der Waals surface area contributed by atoms with Gasteiger partial charge in [0.1, 0.15) is 0 Å². The van der Waals surface area contributed by atoms with E-state index in [2.05, 4.69) is 31.0 Å². The molecule has 17 heavy (non-hydrogen) atoms. The zero-order chi connectivity index (χ0) is 12.8. The Balaban J connectivity index is 2.49. The maximum Gasteiger partial charge on any atom is 0.0444 e. The lowest BCUT2D eigenvalue weighted by molar-refractivity contribution is 0.198. The van der Waals surface area contributed by atoms with E-state index in [1.165, 1.54) is 12.8 Å². The SMILES string of the molecule is CCC1CCN(CC(C)S(C)=O)CC(C)CN1. The van der Waals surface area contributed by atoms with Crippen LogP contribution in [0.25, 0.3) is 0 Å². The Morgan fingerprint density at radius 3 is 2.82 bits per heavy atom. The lowest BCUT2D eigenvalue weighted by Crippen LogP contribution is -2.45. The van der Waals surface area contributed by atoms with E-state index in [0.29, 0.717) is 12.0 Å². The number of nitrogens with zero attached hydrogens (tertiary/aromatic N) is 1.